The largest absolute Gasteiger partial charge is 0.477 e. The van der Waals surface area contributed by atoms with Crippen molar-refractivity contribution in [1.82, 2.24) is 4.98 Å². The van der Waals surface area contributed by atoms with Gasteiger partial charge in [-0.15, -0.1) is 11.3 Å². The molecule has 0 aliphatic carbocycles. The standard InChI is InChI=1S/C15H15Cl3N2O2S/c1-2-3-4-12(14(21)20-15-19-5-6-23-15)22-13-10(17)7-9(16)8-11(13)18/h5-8,12H,2-4H2,1H3,(H,19,20,21). The molecular weight excluding hydrogens is 379 g/mol. The lowest BCUT2D eigenvalue weighted by Crippen LogP contribution is -2.33. The summed E-state index contributed by atoms with van der Waals surface area (Å²) in [5.74, 6) is -0.0244. The first-order valence-corrected chi connectivity index (χ1v) is 9.04. The van der Waals surface area contributed by atoms with E-state index in [4.69, 9.17) is 39.5 Å². The molecule has 1 heterocycles. The average molecular weight is 394 g/mol. The van der Waals surface area contributed by atoms with Crippen LogP contribution in [0.4, 0.5) is 5.13 Å². The van der Waals surface area contributed by atoms with Crippen molar-refractivity contribution in [1.29, 1.82) is 0 Å². The predicted octanol–water partition coefficient (Wildman–Crippen LogP) is 5.68. The minimum absolute atomic E-state index is 0.258. The zero-order chi connectivity index (χ0) is 16.8. The van der Waals surface area contributed by atoms with Crippen LogP contribution in [-0.4, -0.2) is 17.0 Å². The summed E-state index contributed by atoms with van der Waals surface area (Å²) in [5, 5.41) is 5.98. The molecule has 2 aromatic rings. The number of halogens is 3. The Balaban J connectivity index is 2.16. The Kier molecular flexibility index (Phi) is 6.96. The molecule has 1 unspecified atom stereocenters. The van der Waals surface area contributed by atoms with Crippen LogP contribution in [0.25, 0.3) is 0 Å². The molecule has 1 aromatic heterocycles. The molecule has 0 saturated heterocycles. The van der Waals surface area contributed by atoms with Crippen LogP contribution in [0.1, 0.15) is 26.2 Å². The minimum Gasteiger partial charge on any atom is -0.477 e. The molecule has 1 N–H and O–H groups in total. The van der Waals surface area contributed by atoms with Crippen molar-refractivity contribution in [2.75, 3.05) is 5.32 Å². The first-order chi connectivity index (χ1) is 11.0. The van der Waals surface area contributed by atoms with E-state index >= 15 is 0 Å². The van der Waals surface area contributed by atoms with Gasteiger partial charge in [-0.3, -0.25) is 10.1 Å². The fourth-order valence-corrected chi connectivity index (χ4v) is 3.33. The van der Waals surface area contributed by atoms with E-state index in [1.165, 1.54) is 23.5 Å². The highest BCUT2D eigenvalue weighted by Crippen LogP contribution is 2.37. The van der Waals surface area contributed by atoms with Gasteiger partial charge in [0.05, 0.1) is 10.0 Å². The molecule has 4 nitrogen and oxygen atoms in total. The third kappa shape index (κ3) is 5.24. The van der Waals surface area contributed by atoms with E-state index in [1.807, 2.05) is 6.92 Å². The minimum atomic E-state index is -0.713. The number of carbonyl (C=O) groups is 1. The van der Waals surface area contributed by atoms with Gasteiger partial charge in [-0.2, -0.15) is 0 Å². The molecule has 0 spiro atoms. The Morgan fingerprint density at radius 2 is 2.04 bits per heavy atom. The van der Waals surface area contributed by atoms with Crippen LogP contribution in [0.3, 0.4) is 0 Å². The fourth-order valence-electron chi connectivity index (χ4n) is 1.89. The molecule has 0 aliphatic heterocycles. The maximum absolute atomic E-state index is 12.4. The normalized spacial score (nSPS) is 12.0. The fraction of sp³-hybridized carbons (Fsp3) is 0.333. The number of nitrogens with zero attached hydrogens (tertiary/aromatic N) is 1. The first-order valence-electron chi connectivity index (χ1n) is 7.02. The quantitative estimate of drug-likeness (QED) is 0.658. The molecule has 1 atom stereocenters. The van der Waals surface area contributed by atoms with Crippen molar-refractivity contribution in [2.24, 2.45) is 0 Å². The lowest BCUT2D eigenvalue weighted by molar-refractivity contribution is -0.123. The Hall–Kier alpha value is -1.01. The summed E-state index contributed by atoms with van der Waals surface area (Å²) < 4.78 is 5.79. The van der Waals surface area contributed by atoms with Crippen LogP contribution in [0.2, 0.25) is 15.1 Å². The Labute approximate surface area is 153 Å². The number of anilines is 1. The second-order valence-corrected chi connectivity index (χ2v) is 6.92. The number of unbranched alkanes of at least 4 members (excludes halogenated alkanes) is 1. The molecule has 124 valence electrons. The summed E-state index contributed by atoms with van der Waals surface area (Å²) in [5.41, 5.74) is 0. The van der Waals surface area contributed by atoms with E-state index in [-0.39, 0.29) is 21.7 Å². The van der Waals surface area contributed by atoms with Gasteiger partial charge in [-0.25, -0.2) is 4.98 Å². The van der Waals surface area contributed by atoms with Gasteiger partial charge in [0.1, 0.15) is 0 Å². The second kappa shape index (κ2) is 8.73. The molecule has 23 heavy (non-hydrogen) atoms. The van der Waals surface area contributed by atoms with Gasteiger partial charge in [0.15, 0.2) is 17.0 Å². The van der Waals surface area contributed by atoms with E-state index in [0.29, 0.717) is 16.6 Å². The Morgan fingerprint density at radius 1 is 1.35 bits per heavy atom. The molecule has 0 fully saturated rings. The first kappa shape index (κ1) is 18.3. The van der Waals surface area contributed by atoms with Gasteiger partial charge in [-0.1, -0.05) is 48.1 Å². The van der Waals surface area contributed by atoms with Crippen LogP contribution >= 0.6 is 46.1 Å². The highest BCUT2D eigenvalue weighted by molar-refractivity contribution is 7.13. The number of amides is 1. The van der Waals surface area contributed by atoms with Gasteiger partial charge in [0.25, 0.3) is 5.91 Å². The second-order valence-electron chi connectivity index (χ2n) is 4.77. The van der Waals surface area contributed by atoms with Crippen molar-refractivity contribution in [2.45, 2.75) is 32.3 Å². The number of carbonyl (C=O) groups excluding carboxylic acids is 1. The molecule has 1 amide bonds. The molecule has 0 radical (unpaired) electrons. The van der Waals surface area contributed by atoms with E-state index in [1.54, 1.807) is 11.6 Å². The van der Waals surface area contributed by atoms with Crippen LogP contribution < -0.4 is 10.1 Å². The summed E-state index contributed by atoms with van der Waals surface area (Å²) in [4.78, 5) is 16.5. The smallest absolute Gasteiger partial charge is 0.267 e. The summed E-state index contributed by atoms with van der Waals surface area (Å²) in [6.07, 6.45) is 3.22. The number of ether oxygens (including phenoxy) is 1. The number of rotatable bonds is 7. The van der Waals surface area contributed by atoms with E-state index in [9.17, 15) is 4.79 Å². The summed E-state index contributed by atoms with van der Waals surface area (Å²) in [6.45, 7) is 2.04. The van der Waals surface area contributed by atoms with E-state index < -0.39 is 6.10 Å². The molecule has 0 saturated carbocycles. The van der Waals surface area contributed by atoms with E-state index in [2.05, 4.69) is 10.3 Å². The molecule has 1 aromatic carbocycles. The highest BCUT2D eigenvalue weighted by atomic mass is 35.5. The van der Waals surface area contributed by atoms with Gasteiger partial charge in [0, 0.05) is 16.6 Å². The summed E-state index contributed by atoms with van der Waals surface area (Å²) in [6, 6.07) is 3.06. The number of aromatic nitrogens is 1. The average Bonchev–Trinajstić information content (AvgIpc) is 2.98. The summed E-state index contributed by atoms with van der Waals surface area (Å²) >= 11 is 19.5. The van der Waals surface area contributed by atoms with Crippen molar-refractivity contribution >= 4 is 57.2 Å². The third-order valence-electron chi connectivity index (χ3n) is 3.00. The highest BCUT2D eigenvalue weighted by Gasteiger charge is 2.23. The van der Waals surface area contributed by atoms with Gasteiger partial charge < -0.3 is 4.74 Å². The molecular formula is C15H15Cl3N2O2S. The Morgan fingerprint density at radius 3 is 2.61 bits per heavy atom. The van der Waals surface area contributed by atoms with Crippen LogP contribution in [0.15, 0.2) is 23.7 Å². The van der Waals surface area contributed by atoms with Crippen LogP contribution in [-0.2, 0) is 4.79 Å². The lowest BCUT2D eigenvalue weighted by Gasteiger charge is -2.19. The predicted molar refractivity (Wildman–Crippen MR) is 96.2 cm³/mol. The van der Waals surface area contributed by atoms with Crippen molar-refractivity contribution in [3.05, 3.63) is 38.8 Å². The molecule has 2 rings (SSSR count). The summed E-state index contributed by atoms with van der Waals surface area (Å²) in [7, 11) is 0. The number of thiazole rings is 1. The van der Waals surface area contributed by atoms with Crippen molar-refractivity contribution in [3.8, 4) is 5.75 Å². The zero-order valence-corrected chi connectivity index (χ0v) is 15.4. The van der Waals surface area contributed by atoms with Gasteiger partial charge in [0.2, 0.25) is 0 Å². The Bertz CT molecular complexity index is 642. The maximum atomic E-state index is 12.4. The van der Waals surface area contributed by atoms with Crippen molar-refractivity contribution < 1.29 is 9.53 Å². The number of hydrogen-bond acceptors (Lipinski definition) is 4. The third-order valence-corrected chi connectivity index (χ3v) is 4.47. The number of hydrogen-bond donors (Lipinski definition) is 1. The van der Waals surface area contributed by atoms with Crippen LogP contribution in [0, 0.1) is 0 Å². The number of nitrogens with one attached hydrogen (secondary N) is 1. The molecule has 0 aliphatic rings. The number of benzene rings is 1. The topological polar surface area (TPSA) is 51.2 Å². The molecule has 8 heteroatoms. The monoisotopic (exact) mass is 392 g/mol. The SMILES string of the molecule is CCCCC(Oc1c(Cl)cc(Cl)cc1Cl)C(=O)Nc1nccs1. The van der Waals surface area contributed by atoms with Gasteiger partial charge in [-0.05, 0) is 25.0 Å². The maximum Gasteiger partial charge on any atom is 0.267 e. The van der Waals surface area contributed by atoms with Gasteiger partial charge >= 0.3 is 0 Å². The molecule has 0 bridgehead atoms. The zero-order valence-electron chi connectivity index (χ0n) is 12.3. The van der Waals surface area contributed by atoms with Crippen molar-refractivity contribution in [3.63, 3.8) is 0 Å². The van der Waals surface area contributed by atoms with E-state index in [0.717, 1.165) is 12.8 Å². The lowest BCUT2D eigenvalue weighted by atomic mass is 10.1. The van der Waals surface area contributed by atoms with Crippen LogP contribution in [0.5, 0.6) is 5.75 Å².